The van der Waals surface area contributed by atoms with Gasteiger partial charge in [-0.1, -0.05) is 23.8 Å². The van der Waals surface area contributed by atoms with Crippen molar-refractivity contribution in [2.75, 3.05) is 0 Å². The maximum atomic E-state index is 12.2. The molecule has 0 spiro atoms. The van der Waals surface area contributed by atoms with Gasteiger partial charge in [0.25, 0.3) is 0 Å². The molecule has 1 saturated carbocycles. The topological polar surface area (TPSA) is 47.2 Å². The van der Waals surface area contributed by atoms with E-state index in [4.69, 9.17) is 0 Å². The molecular formula is C16H20N2O2. The molecule has 1 aromatic carbocycles. The standard InChI is InChI=1S/C16H20N2O2/c1-11-3-4-12(2)14(9-11)15(19)10-17-7-8-18(16(17)20)13-5-6-13/h3-4,7-9,13,15,19H,5-6,10H2,1-2H3. The summed E-state index contributed by atoms with van der Waals surface area (Å²) < 4.78 is 3.38. The predicted octanol–water partition coefficient (Wildman–Crippen LogP) is 2.34. The minimum Gasteiger partial charge on any atom is -0.387 e. The summed E-state index contributed by atoms with van der Waals surface area (Å²) in [7, 11) is 0. The van der Waals surface area contributed by atoms with E-state index in [-0.39, 0.29) is 5.69 Å². The van der Waals surface area contributed by atoms with E-state index < -0.39 is 6.10 Å². The minimum absolute atomic E-state index is 0.0168. The summed E-state index contributed by atoms with van der Waals surface area (Å²) in [4.78, 5) is 12.2. The van der Waals surface area contributed by atoms with Crippen LogP contribution in [0.1, 0.15) is 41.7 Å². The Kier molecular flexibility index (Phi) is 3.26. The van der Waals surface area contributed by atoms with Gasteiger partial charge in [0.05, 0.1) is 12.6 Å². The lowest BCUT2D eigenvalue weighted by atomic mass is 10.0. The Hall–Kier alpha value is -1.81. The van der Waals surface area contributed by atoms with Crippen LogP contribution in [0.5, 0.6) is 0 Å². The van der Waals surface area contributed by atoms with E-state index in [1.54, 1.807) is 15.3 Å². The van der Waals surface area contributed by atoms with E-state index in [2.05, 4.69) is 0 Å². The highest BCUT2D eigenvalue weighted by molar-refractivity contribution is 5.32. The van der Waals surface area contributed by atoms with Crippen molar-refractivity contribution >= 4 is 0 Å². The first kappa shape index (κ1) is 13.2. The number of nitrogens with zero attached hydrogens (tertiary/aromatic N) is 2. The normalized spacial score (nSPS) is 16.4. The monoisotopic (exact) mass is 272 g/mol. The number of hydrogen-bond acceptors (Lipinski definition) is 2. The molecule has 1 aliphatic carbocycles. The Bertz CT molecular complexity index is 680. The zero-order chi connectivity index (χ0) is 14.3. The van der Waals surface area contributed by atoms with Crippen LogP contribution in [0.4, 0.5) is 0 Å². The van der Waals surface area contributed by atoms with Crippen LogP contribution in [0.25, 0.3) is 0 Å². The summed E-state index contributed by atoms with van der Waals surface area (Å²) in [6, 6.07) is 6.40. The van der Waals surface area contributed by atoms with Crippen LogP contribution in [0.15, 0.2) is 35.4 Å². The van der Waals surface area contributed by atoms with Crippen molar-refractivity contribution in [2.45, 2.75) is 45.4 Å². The minimum atomic E-state index is -0.650. The van der Waals surface area contributed by atoms with Gasteiger partial charge >= 0.3 is 5.69 Å². The molecule has 0 radical (unpaired) electrons. The van der Waals surface area contributed by atoms with Gasteiger partial charge in [-0.05, 0) is 37.8 Å². The SMILES string of the molecule is Cc1ccc(C)c(C(O)Cn2ccn(C3CC3)c2=O)c1. The highest BCUT2D eigenvalue weighted by atomic mass is 16.3. The lowest BCUT2D eigenvalue weighted by molar-refractivity contribution is 0.154. The van der Waals surface area contributed by atoms with E-state index in [0.717, 1.165) is 29.5 Å². The Labute approximate surface area is 118 Å². The smallest absolute Gasteiger partial charge is 0.328 e. The molecule has 4 nitrogen and oxygen atoms in total. The van der Waals surface area contributed by atoms with Gasteiger partial charge < -0.3 is 5.11 Å². The number of hydrogen-bond donors (Lipinski definition) is 1. The van der Waals surface area contributed by atoms with Crippen LogP contribution in [0.2, 0.25) is 0 Å². The second kappa shape index (κ2) is 4.94. The highest BCUT2D eigenvalue weighted by Crippen LogP contribution is 2.33. The van der Waals surface area contributed by atoms with Gasteiger partial charge in [0.2, 0.25) is 0 Å². The van der Waals surface area contributed by atoms with Gasteiger partial charge in [-0.2, -0.15) is 0 Å². The molecule has 1 aromatic heterocycles. The summed E-state index contributed by atoms with van der Waals surface area (Å²) in [5.41, 5.74) is 3.05. The molecule has 1 aliphatic rings. The predicted molar refractivity (Wildman–Crippen MR) is 77.8 cm³/mol. The van der Waals surface area contributed by atoms with E-state index in [9.17, 15) is 9.90 Å². The summed E-state index contributed by atoms with van der Waals surface area (Å²) in [6.45, 7) is 4.30. The Morgan fingerprint density at radius 2 is 2.05 bits per heavy atom. The fourth-order valence-electron chi connectivity index (χ4n) is 2.60. The largest absolute Gasteiger partial charge is 0.387 e. The number of imidazole rings is 1. The van der Waals surface area contributed by atoms with Crippen molar-refractivity contribution < 1.29 is 5.11 Å². The van der Waals surface area contributed by atoms with E-state index in [1.165, 1.54) is 0 Å². The van der Waals surface area contributed by atoms with Crippen LogP contribution in [-0.2, 0) is 6.54 Å². The second-order valence-electron chi connectivity index (χ2n) is 5.75. The number of rotatable bonds is 4. The fraction of sp³-hybridized carbons (Fsp3) is 0.438. The van der Waals surface area contributed by atoms with Gasteiger partial charge in [0.1, 0.15) is 0 Å². The molecule has 1 fully saturated rings. The van der Waals surface area contributed by atoms with Crippen LogP contribution in [0.3, 0.4) is 0 Å². The Morgan fingerprint density at radius 1 is 1.30 bits per heavy atom. The fourth-order valence-corrected chi connectivity index (χ4v) is 2.60. The quantitative estimate of drug-likeness (QED) is 0.928. The molecule has 0 bridgehead atoms. The van der Waals surface area contributed by atoms with Gasteiger partial charge in [0, 0.05) is 18.4 Å². The summed E-state index contributed by atoms with van der Waals surface area (Å²) >= 11 is 0. The van der Waals surface area contributed by atoms with E-state index in [0.29, 0.717) is 12.6 Å². The lowest BCUT2D eigenvalue weighted by Crippen LogP contribution is -2.25. The molecule has 4 heteroatoms. The second-order valence-corrected chi connectivity index (χ2v) is 5.75. The molecular weight excluding hydrogens is 252 g/mol. The maximum Gasteiger partial charge on any atom is 0.328 e. The van der Waals surface area contributed by atoms with Crippen LogP contribution in [-0.4, -0.2) is 14.2 Å². The molecule has 106 valence electrons. The first-order valence-corrected chi connectivity index (χ1v) is 7.09. The molecule has 0 aliphatic heterocycles. The average Bonchev–Trinajstić information content (AvgIpc) is 3.19. The Morgan fingerprint density at radius 3 is 2.75 bits per heavy atom. The molecule has 20 heavy (non-hydrogen) atoms. The third kappa shape index (κ3) is 2.43. The number of benzene rings is 1. The van der Waals surface area contributed by atoms with Gasteiger partial charge in [-0.15, -0.1) is 0 Å². The molecule has 0 saturated heterocycles. The molecule has 1 atom stereocenters. The summed E-state index contributed by atoms with van der Waals surface area (Å²) in [5, 5.41) is 10.4. The third-order valence-corrected chi connectivity index (χ3v) is 3.98. The Balaban J connectivity index is 1.83. The van der Waals surface area contributed by atoms with Crippen molar-refractivity contribution in [1.82, 2.24) is 9.13 Å². The van der Waals surface area contributed by atoms with E-state index >= 15 is 0 Å². The number of aliphatic hydroxyl groups excluding tert-OH is 1. The van der Waals surface area contributed by atoms with Crippen LogP contribution in [0, 0.1) is 13.8 Å². The van der Waals surface area contributed by atoms with Crippen molar-refractivity contribution in [2.24, 2.45) is 0 Å². The highest BCUT2D eigenvalue weighted by Gasteiger charge is 2.26. The molecule has 3 rings (SSSR count). The average molecular weight is 272 g/mol. The number of aryl methyl sites for hydroxylation is 2. The maximum absolute atomic E-state index is 12.2. The molecule has 1 heterocycles. The molecule has 1 N–H and O–H groups in total. The zero-order valence-electron chi connectivity index (χ0n) is 11.9. The molecule has 0 amide bonds. The van der Waals surface area contributed by atoms with Crippen molar-refractivity contribution in [1.29, 1.82) is 0 Å². The van der Waals surface area contributed by atoms with Gasteiger partial charge in [-0.25, -0.2) is 4.79 Å². The van der Waals surface area contributed by atoms with Gasteiger partial charge in [-0.3, -0.25) is 9.13 Å². The summed E-state index contributed by atoms with van der Waals surface area (Å²) in [6.07, 6.45) is 5.13. The zero-order valence-corrected chi connectivity index (χ0v) is 11.9. The van der Waals surface area contributed by atoms with Crippen molar-refractivity contribution in [3.05, 3.63) is 57.8 Å². The summed E-state index contributed by atoms with van der Waals surface area (Å²) in [5.74, 6) is 0. The third-order valence-electron chi connectivity index (χ3n) is 3.98. The van der Waals surface area contributed by atoms with E-state index in [1.807, 2.05) is 38.2 Å². The van der Waals surface area contributed by atoms with Crippen LogP contribution >= 0.6 is 0 Å². The molecule has 1 unspecified atom stereocenters. The molecule has 2 aromatic rings. The first-order chi connectivity index (χ1) is 9.56. The van der Waals surface area contributed by atoms with Crippen molar-refractivity contribution in [3.8, 4) is 0 Å². The number of aromatic nitrogens is 2. The van der Waals surface area contributed by atoms with Crippen LogP contribution < -0.4 is 5.69 Å². The van der Waals surface area contributed by atoms with Crippen molar-refractivity contribution in [3.63, 3.8) is 0 Å². The van der Waals surface area contributed by atoms with Gasteiger partial charge in [0.15, 0.2) is 0 Å². The lowest BCUT2D eigenvalue weighted by Gasteiger charge is -2.14. The first-order valence-electron chi connectivity index (χ1n) is 7.09. The number of aliphatic hydroxyl groups is 1.